The lowest BCUT2D eigenvalue weighted by Gasteiger charge is -2.19. The number of aromatic nitrogens is 2. The number of hydrogen-bond donors (Lipinski definition) is 3. The molecule has 0 aliphatic carbocycles. The summed E-state index contributed by atoms with van der Waals surface area (Å²) < 4.78 is 0. The summed E-state index contributed by atoms with van der Waals surface area (Å²) in [5, 5.41) is 6.24. The first kappa shape index (κ1) is 21.3. The number of hydrogen-bond acceptors (Lipinski definition) is 4. The molecule has 1 atom stereocenters. The van der Waals surface area contributed by atoms with Gasteiger partial charge in [0, 0.05) is 35.7 Å². The van der Waals surface area contributed by atoms with E-state index in [9.17, 15) is 14.4 Å². The van der Waals surface area contributed by atoms with Crippen LogP contribution >= 0.6 is 11.6 Å². The summed E-state index contributed by atoms with van der Waals surface area (Å²) in [6.07, 6.45) is 0.335. The van der Waals surface area contributed by atoms with Crippen LogP contribution in [0.15, 0.2) is 59.4 Å². The number of rotatable bonds is 6. The summed E-state index contributed by atoms with van der Waals surface area (Å²) in [6, 6.07) is 14.7. The summed E-state index contributed by atoms with van der Waals surface area (Å²) in [4.78, 5) is 42.8. The monoisotopic (exact) mass is 424 g/mol. The SMILES string of the molecule is CC(=O)Nc1ccc(C(=O)NC(Cc2cc(=O)[nH]c(C)n2)c2ccc(Cl)cc2)cc1. The van der Waals surface area contributed by atoms with Crippen molar-refractivity contribution < 1.29 is 9.59 Å². The first-order chi connectivity index (χ1) is 14.3. The first-order valence-corrected chi connectivity index (χ1v) is 9.69. The summed E-state index contributed by atoms with van der Waals surface area (Å²) in [5.41, 5.74) is 2.21. The molecule has 1 aromatic heterocycles. The Hall–Kier alpha value is -3.45. The van der Waals surface area contributed by atoms with Crippen molar-refractivity contribution in [2.45, 2.75) is 26.3 Å². The van der Waals surface area contributed by atoms with Crippen molar-refractivity contribution in [3.05, 3.63) is 92.6 Å². The van der Waals surface area contributed by atoms with Gasteiger partial charge >= 0.3 is 0 Å². The fraction of sp³-hybridized carbons (Fsp3) is 0.182. The third kappa shape index (κ3) is 5.78. The van der Waals surface area contributed by atoms with Gasteiger partial charge in [0.15, 0.2) is 0 Å². The number of aryl methyl sites for hydroxylation is 1. The Balaban J connectivity index is 1.84. The zero-order valence-electron chi connectivity index (χ0n) is 16.5. The Kier molecular flexibility index (Phi) is 6.64. The lowest BCUT2D eigenvalue weighted by molar-refractivity contribution is -0.114. The van der Waals surface area contributed by atoms with Gasteiger partial charge < -0.3 is 15.6 Å². The summed E-state index contributed by atoms with van der Waals surface area (Å²) in [5.74, 6) is 0.0359. The van der Waals surface area contributed by atoms with Gasteiger partial charge in [0.05, 0.1) is 11.7 Å². The Morgan fingerprint density at radius 3 is 2.37 bits per heavy atom. The number of H-pyrrole nitrogens is 1. The molecular formula is C22H21ClN4O3. The van der Waals surface area contributed by atoms with E-state index in [1.807, 2.05) is 12.1 Å². The van der Waals surface area contributed by atoms with E-state index in [0.717, 1.165) is 5.56 Å². The van der Waals surface area contributed by atoms with Crippen LogP contribution in [-0.4, -0.2) is 21.8 Å². The molecule has 0 radical (unpaired) electrons. The van der Waals surface area contributed by atoms with Crippen LogP contribution in [0.5, 0.6) is 0 Å². The molecule has 1 heterocycles. The van der Waals surface area contributed by atoms with Crippen molar-refractivity contribution in [3.63, 3.8) is 0 Å². The molecule has 0 bridgehead atoms. The minimum atomic E-state index is -0.418. The van der Waals surface area contributed by atoms with Crippen molar-refractivity contribution in [2.75, 3.05) is 5.32 Å². The maximum atomic E-state index is 12.8. The van der Waals surface area contributed by atoms with Crippen LogP contribution in [0.4, 0.5) is 5.69 Å². The van der Waals surface area contributed by atoms with Crippen molar-refractivity contribution in [1.29, 1.82) is 0 Å². The van der Waals surface area contributed by atoms with E-state index in [-0.39, 0.29) is 17.4 Å². The molecule has 2 aromatic carbocycles. The standard InChI is InChI=1S/C22H21ClN4O3/c1-13-24-19(12-21(29)25-13)11-20(15-3-7-17(23)8-4-15)27-22(30)16-5-9-18(10-6-16)26-14(2)28/h3-10,12,20H,11H2,1-2H3,(H,26,28)(H,27,30)(H,24,25,29). The maximum absolute atomic E-state index is 12.8. The molecule has 3 aromatic rings. The number of carbonyl (C=O) groups is 2. The normalized spacial score (nSPS) is 11.6. The highest BCUT2D eigenvalue weighted by atomic mass is 35.5. The number of amides is 2. The van der Waals surface area contributed by atoms with E-state index in [1.54, 1.807) is 43.3 Å². The number of carbonyl (C=O) groups excluding carboxylic acids is 2. The van der Waals surface area contributed by atoms with Gasteiger partial charge in [-0.15, -0.1) is 0 Å². The number of aromatic amines is 1. The number of anilines is 1. The minimum absolute atomic E-state index is 0.185. The van der Waals surface area contributed by atoms with E-state index in [1.165, 1.54) is 13.0 Å². The van der Waals surface area contributed by atoms with Gasteiger partial charge in [-0.3, -0.25) is 14.4 Å². The van der Waals surface area contributed by atoms with Gasteiger partial charge in [0.2, 0.25) is 5.91 Å². The molecule has 2 amide bonds. The van der Waals surface area contributed by atoms with Gasteiger partial charge in [-0.25, -0.2) is 4.98 Å². The van der Waals surface area contributed by atoms with E-state index < -0.39 is 6.04 Å². The van der Waals surface area contributed by atoms with Crippen molar-refractivity contribution >= 4 is 29.1 Å². The first-order valence-electron chi connectivity index (χ1n) is 9.31. The van der Waals surface area contributed by atoms with Crippen LogP contribution in [0, 0.1) is 6.92 Å². The summed E-state index contributed by atoms with van der Waals surface area (Å²) in [7, 11) is 0. The van der Waals surface area contributed by atoms with E-state index in [4.69, 9.17) is 11.6 Å². The lowest BCUT2D eigenvalue weighted by atomic mass is 10.0. The predicted octanol–water partition coefficient (Wildman–Crippen LogP) is 3.40. The lowest BCUT2D eigenvalue weighted by Crippen LogP contribution is -2.30. The second-order valence-corrected chi connectivity index (χ2v) is 7.30. The third-order valence-electron chi connectivity index (χ3n) is 4.37. The van der Waals surface area contributed by atoms with Crippen LogP contribution in [0.1, 0.15) is 40.4 Å². The van der Waals surface area contributed by atoms with Crippen LogP contribution in [0.3, 0.4) is 0 Å². The molecule has 3 N–H and O–H groups in total. The summed E-state index contributed by atoms with van der Waals surface area (Å²) >= 11 is 6.00. The second-order valence-electron chi connectivity index (χ2n) is 6.86. The Labute approximate surface area is 178 Å². The number of nitrogens with one attached hydrogen (secondary N) is 3. The predicted molar refractivity (Wildman–Crippen MR) is 116 cm³/mol. The molecule has 0 spiro atoms. The Bertz CT molecular complexity index is 1110. The van der Waals surface area contributed by atoms with Gasteiger partial charge in [-0.1, -0.05) is 23.7 Å². The van der Waals surface area contributed by atoms with Crippen LogP contribution in [0.25, 0.3) is 0 Å². The molecule has 30 heavy (non-hydrogen) atoms. The minimum Gasteiger partial charge on any atom is -0.345 e. The van der Waals surface area contributed by atoms with E-state index >= 15 is 0 Å². The average molecular weight is 425 g/mol. The molecule has 0 saturated carbocycles. The van der Waals surface area contributed by atoms with Crippen molar-refractivity contribution in [1.82, 2.24) is 15.3 Å². The highest BCUT2D eigenvalue weighted by Gasteiger charge is 2.18. The van der Waals surface area contributed by atoms with E-state index in [2.05, 4.69) is 20.6 Å². The second kappa shape index (κ2) is 9.37. The van der Waals surface area contributed by atoms with Gasteiger partial charge in [-0.2, -0.15) is 0 Å². The number of benzene rings is 2. The molecule has 8 heteroatoms. The topological polar surface area (TPSA) is 104 Å². The molecule has 1 unspecified atom stereocenters. The molecule has 154 valence electrons. The van der Waals surface area contributed by atoms with Gasteiger partial charge in [0.1, 0.15) is 5.82 Å². The average Bonchev–Trinajstić information content (AvgIpc) is 2.67. The third-order valence-corrected chi connectivity index (χ3v) is 4.62. The van der Waals surface area contributed by atoms with Crippen molar-refractivity contribution in [2.24, 2.45) is 0 Å². The maximum Gasteiger partial charge on any atom is 0.251 e. The molecule has 0 aliphatic heterocycles. The fourth-order valence-electron chi connectivity index (χ4n) is 3.05. The molecule has 0 aliphatic rings. The zero-order chi connectivity index (χ0) is 21.7. The quantitative estimate of drug-likeness (QED) is 0.564. The molecule has 0 fully saturated rings. The van der Waals surface area contributed by atoms with Crippen LogP contribution < -0.4 is 16.2 Å². The largest absolute Gasteiger partial charge is 0.345 e. The van der Waals surface area contributed by atoms with Crippen molar-refractivity contribution in [3.8, 4) is 0 Å². The Morgan fingerprint density at radius 2 is 1.77 bits per heavy atom. The molecule has 0 saturated heterocycles. The zero-order valence-corrected chi connectivity index (χ0v) is 17.3. The number of halogens is 1. The Morgan fingerprint density at radius 1 is 1.10 bits per heavy atom. The molecule has 3 rings (SSSR count). The van der Waals surface area contributed by atoms with Gasteiger partial charge in [0.25, 0.3) is 11.5 Å². The molecular weight excluding hydrogens is 404 g/mol. The van der Waals surface area contributed by atoms with Crippen LogP contribution in [0.2, 0.25) is 5.02 Å². The smallest absolute Gasteiger partial charge is 0.251 e. The highest BCUT2D eigenvalue weighted by molar-refractivity contribution is 6.30. The molecule has 7 nitrogen and oxygen atoms in total. The van der Waals surface area contributed by atoms with E-state index in [0.29, 0.717) is 34.2 Å². The number of nitrogens with zero attached hydrogens (tertiary/aromatic N) is 1. The van der Waals surface area contributed by atoms with Crippen LogP contribution in [-0.2, 0) is 11.2 Å². The summed E-state index contributed by atoms with van der Waals surface area (Å²) in [6.45, 7) is 3.12. The van der Waals surface area contributed by atoms with Gasteiger partial charge in [-0.05, 0) is 48.9 Å². The fourth-order valence-corrected chi connectivity index (χ4v) is 3.18. The highest BCUT2D eigenvalue weighted by Crippen LogP contribution is 2.21.